The first-order valence-corrected chi connectivity index (χ1v) is 6.19. The van der Waals surface area contributed by atoms with Gasteiger partial charge >= 0.3 is 0 Å². The van der Waals surface area contributed by atoms with E-state index in [0.717, 1.165) is 12.8 Å². The molecule has 0 heterocycles. The molecule has 2 nitrogen and oxygen atoms in total. The summed E-state index contributed by atoms with van der Waals surface area (Å²) in [7, 11) is 0. The van der Waals surface area contributed by atoms with Gasteiger partial charge < -0.3 is 0 Å². The van der Waals surface area contributed by atoms with E-state index in [1.165, 1.54) is 25.0 Å². The van der Waals surface area contributed by atoms with E-state index in [9.17, 15) is 4.39 Å². The van der Waals surface area contributed by atoms with Crippen LogP contribution in [0.3, 0.4) is 0 Å². The largest absolute Gasteiger partial charge is 0.295 e. The Morgan fingerprint density at radius 3 is 2.71 bits per heavy atom. The average Bonchev–Trinajstić information content (AvgIpc) is 2.82. The summed E-state index contributed by atoms with van der Waals surface area (Å²) in [5.41, 5.74) is 0.640. The third-order valence-corrected chi connectivity index (χ3v) is 3.47. The third kappa shape index (κ3) is 2.96. The maximum atomic E-state index is 13.3. The van der Waals surface area contributed by atoms with Crippen molar-refractivity contribution in [2.24, 2.45) is 0 Å². The molecule has 1 N–H and O–H groups in total. The second kappa shape index (κ2) is 5.48. The lowest BCUT2D eigenvalue weighted by molar-refractivity contribution is 0.490. The van der Waals surface area contributed by atoms with Gasteiger partial charge in [0.1, 0.15) is 11.9 Å². The molecule has 0 saturated heterocycles. The molecule has 1 aromatic carbocycles. The average molecular weight is 253 g/mol. The molecule has 1 fully saturated rings. The summed E-state index contributed by atoms with van der Waals surface area (Å²) >= 11 is 5.62. The van der Waals surface area contributed by atoms with Gasteiger partial charge in [-0.25, -0.2) is 4.39 Å². The van der Waals surface area contributed by atoms with Crippen molar-refractivity contribution in [2.75, 3.05) is 0 Å². The van der Waals surface area contributed by atoms with Crippen LogP contribution in [-0.2, 0) is 0 Å². The fourth-order valence-corrected chi connectivity index (χ4v) is 2.35. The van der Waals surface area contributed by atoms with Gasteiger partial charge in [0.05, 0.1) is 11.1 Å². The zero-order valence-electron chi connectivity index (χ0n) is 9.42. The molecule has 4 heteroatoms. The van der Waals surface area contributed by atoms with Crippen LogP contribution in [0.2, 0.25) is 5.02 Å². The van der Waals surface area contributed by atoms with Crippen molar-refractivity contribution in [3.8, 4) is 6.07 Å². The molecule has 0 amide bonds. The summed E-state index contributed by atoms with van der Waals surface area (Å²) in [6.07, 6.45) is 4.58. The van der Waals surface area contributed by atoms with E-state index in [2.05, 4.69) is 11.4 Å². The molecule has 2 rings (SSSR count). The summed E-state index contributed by atoms with van der Waals surface area (Å²) in [6, 6.07) is 6.61. The number of hydrogen-bond donors (Lipinski definition) is 1. The molecule has 1 saturated carbocycles. The molecular weight excluding hydrogens is 239 g/mol. The van der Waals surface area contributed by atoms with Crippen LogP contribution in [0, 0.1) is 17.1 Å². The van der Waals surface area contributed by atoms with E-state index >= 15 is 0 Å². The first-order chi connectivity index (χ1) is 8.20. The van der Waals surface area contributed by atoms with E-state index in [1.807, 2.05) is 0 Å². The van der Waals surface area contributed by atoms with Crippen LogP contribution < -0.4 is 5.32 Å². The molecule has 1 aromatic rings. The van der Waals surface area contributed by atoms with Crippen LogP contribution in [-0.4, -0.2) is 6.04 Å². The van der Waals surface area contributed by atoms with E-state index in [1.54, 1.807) is 6.07 Å². The molecule has 1 atom stereocenters. The van der Waals surface area contributed by atoms with Crippen LogP contribution >= 0.6 is 11.6 Å². The van der Waals surface area contributed by atoms with Gasteiger partial charge in [-0.3, -0.25) is 5.32 Å². The van der Waals surface area contributed by atoms with Crippen LogP contribution in [0.1, 0.15) is 37.3 Å². The lowest BCUT2D eigenvalue weighted by atomic mass is 10.1. The van der Waals surface area contributed by atoms with E-state index < -0.39 is 11.9 Å². The standard InChI is InChI=1S/C13H14ClFN2/c14-11-6-5-9(7-12(11)15)13(8-16)17-10-3-1-2-4-10/h5-7,10,13,17H,1-4H2. The monoisotopic (exact) mass is 252 g/mol. The van der Waals surface area contributed by atoms with Gasteiger partial charge in [0.15, 0.2) is 0 Å². The summed E-state index contributed by atoms with van der Waals surface area (Å²) in [4.78, 5) is 0. The Balaban J connectivity index is 2.11. The minimum Gasteiger partial charge on any atom is -0.295 e. The minimum absolute atomic E-state index is 0.0892. The Morgan fingerprint density at radius 2 is 2.12 bits per heavy atom. The maximum Gasteiger partial charge on any atom is 0.142 e. The van der Waals surface area contributed by atoms with Crippen molar-refractivity contribution in [3.63, 3.8) is 0 Å². The van der Waals surface area contributed by atoms with Gasteiger partial charge in [0, 0.05) is 6.04 Å². The van der Waals surface area contributed by atoms with Crippen molar-refractivity contribution in [1.29, 1.82) is 5.26 Å². The van der Waals surface area contributed by atoms with Gasteiger partial charge in [0.25, 0.3) is 0 Å². The topological polar surface area (TPSA) is 35.8 Å². The molecule has 0 aromatic heterocycles. The molecule has 17 heavy (non-hydrogen) atoms. The van der Waals surface area contributed by atoms with Crippen molar-refractivity contribution in [1.82, 2.24) is 5.32 Å². The second-order valence-corrected chi connectivity index (χ2v) is 4.79. The maximum absolute atomic E-state index is 13.3. The van der Waals surface area contributed by atoms with Gasteiger partial charge in [-0.15, -0.1) is 0 Å². The van der Waals surface area contributed by atoms with Crippen LogP contribution in [0.25, 0.3) is 0 Å². The first-order valence-electron chi connectivity index (χ1n) is 5.81. The predicted molar refractivity (Wildman–Crippen MR) is 65.2 cm³/mol. The number of nitrogens with one attached hydrogen (secondary N) is 1. The second-order valence-electron chi connectivity index (χ2n) is 4.38. The Labute approximate surface area is 105 Å². The van der Waals surface area contributed by atoms with Crippen LogP contribution in [0.15, 0.2) is 18.2 Å². The van der Waals surface area contributed by atoms with Gasteiger partial charge in [0.2, 0.25) is 0 Å². The fraction of sp³-hybridized carbons (Fsp3) is 0.462. The highest BCUT2D eigenvalue weighted by molar-refractivity contribution is 6.30. The Morgan fingerprint density at radius 1 is 1.41 bits per heavy atom. The van der Waals surface area contributed by atoms with Gasteiger partial charge in [-0.05, 0) is 30.5 Å². The quantitative estimate of drug-likeness (QED) is 0.893. The molecule has 90 valence electrons. The molecule has 0 aliphatic heterocycles. The van der Waals surface area contributed by atoms with Crippen molar-refractivity contribution in [3.05, 3.63) is 34.6 Å². The zero-order valence-corrected chi connectivity index (χ0v) is 10.2. The molecule has 1 aliphatic carbocycles. The van der Waals surface area contributed by atoms with E-state index in [-0.39, 0.29) is 5.02 Å². The molecule has 0 radical (unpaired) electrons. The number of halogens is 2. The molecule has 0 bridgehead atoms. The number of benzene rings is 1. The zero-order chi connectivity index (χ0) is 12.3. The lowest BCUT2D eigenvalue weighted by Crippen LogP contribution is -2.29. The highest BCUT2D eigenvalue weighted by Gasteiger charge is 2.20. The fourth-order valence-electron chi connectivity index (χ4n) is 2.23. The van der Waals surface area contributed by atoms with Gasteiger partial charge in [-0.2, -0.15) is 5.26 Å². The molecule has 0 spiro atoms. The molecule has 1 unspecified atom stereocenters. The van der Waals surface area contributed by atoms with E-state index in [0.29, 0.717) is 11.6 Å². The first kappa shape index (κ1) is 12.3. The van der Waals surface area contributed by atoms with Crippen LogP contribution in [0.5, 0.6) is 0 Å². The summed E-state index contributed by atoms with van der Waals surface area (Å²) in [5, 5.41) is 12.5. The minimum atomic E-state index is -0.474. The Kier molecular flexibility index (Phi) is 3.98. The summed E-state index contributed by atoms with van der Waals surface area (Å²) in [5.74, 6) is -0.474. The molecular formula is C13H14ClFN2. The van der Waals surface area contributed by atoms with E-state index in [4.69, 9.17) is 16.9 Å². The number of rotatable bonds is 3. The number of nitrogens with zero attached hydrogens (tertiary/aromatic N) is 1. The number of hydrogen-bond acceptors (Lipinski definition) is 2. The normalized spacial score (nSPS) is 17.9. The predicted octanol–water partition coefficient (Wildman–Crippen LogP) is 3.58. The van der Waals surface area contributed by atoms with Crippen molar-refractivity contribution < 1.29 is 4.39 Å². The number of nitriles is 1. The smallest absolute Gasteiger partial charge is 0.142 e. The van der Waals surface area contributed by atoms with Gasteiger partial charge in [-0.1, -0.05) is 30.5 Å². The van der Waals surface area contributed by atoms with Crippen molar-refractivity contribution in [2.45, 2.75) is 37.8 Å². The highest BCUT2D eigenvalue weighted by atomic mass is 35.5. The highest BCUT2D eigenvalue weighted by Crippen LogP contribution is 2.24. The Hall–Kier alpha value is -1.11. The molecule has 1 aliphatic rings. The lowest BCUT2D eigenvalue weighted by Gasteiger charge is -2.17. The third-order valence-electron chi connectivity index (χ3n) is 3.16. The summed E-state index contributed by atoms with van der Waals surface area (Å²) < 4.78 is 13.3. The van der Waals surface area contributed by atoms with Crippen molar-refractivity contribution >= 4 is 11.6 Å². The Bertz CT molecular complexity index is 436. The SMILES string of the molecule is N#CC(NC1CCCC1)c1ccc(Cl)c(F)c1. The van der Waals surface area contributed by atoms with Crippen LogP contribution in [0.4, 0.5) is 4.39 Å². The summed E-state index contributed by atoms with van der Waals surface area (Å²) in [6.45, 7) is 0.